The van der Waals surface area contributed by atoms with Crippen LogP contribution in [0, 0.1) is 18.3 Å². The normalized spacial score (nSPS) is 12.4. The van der Waals surface area contributed by atoms with Gasteiger partial charge >= 0.3 is 0 Å². The van der Waals surface area contributed by atoms with Crippen LogP contribution in [0.2, 0.25) is 0 Å². The maximum absolute atomic E-state index is 7.23. The fourth-order valence-electron chi connectivity index (χ4n) is 6.12. The predicted octanol–water partition coefficient (Wildman–Crippen LogP) is 12.0. The number of imidazole rings is 1. The average Bonchev–Trinajstić information content (AvgIpc) is 3.71. The van der Waals surface area contributed by atoms with E-state index >= 15 is 0 Å². The molecule has 3 aromatic heterocycles. The Balaban J connectivity index is 0.000000222. The molecule has 48 heavy (non-hydrogen) atoms. The second-order valence-corrected chi connectivity index (χ2v) is 13.2. The largest absolute Gasteiger partial charge is 0.333 e. The molecule has 0 saturated carbocycles. The van der Waals surface area contributed by atoms with Gasteiger partial charge in [-0.1, -0.05) is 122 Å². The van der Waals surface area contributed by atoms with E-state index in [1.807, 2.05) is 18.2 Å². The van der Waals surface area contributed by atoms with Gasteiger partial charge in [-0.25, -0.2) is 0 Å². The summed E-state index contributed by atoms with van der Waals surface area (Å²) in [7, 11) is 0. The van der Waals surface area contributed by atoms with Gasteiger partial charge in [-0.3, -0.25) is 16.3 Å². The van der Waals surface area contributed by atoms with Gasteiger partial charge in [-0.15, -0.1) is 41.3 Å². The molecular formula is C43H37IrN3S-2. The first-order valence-corrected chi connectivity index (χ1v) is 16.8. The Bertz CT molecular complexity index is 2400. The van der Waals surface area contributed by atoms with Gasteiger partial charge < -0.3 is 9.55 Å². The zero-order valence-electron chi connectivity index (χ0n) is 30.3. The standard InChI is InChI=1S/C31H27N2S.C12H10N.Ir/c1-19(2)23-12-9-13-24(20(3)4)30(23)33-28-15-8-7-14-27(28)32-31(33)26-18-34-29-17-22-11-6-5-10-21(22)16-25(26)29;1-10-7-8-12(13-9-10)11-5-3-2-4-6-11;/h5-17,19-20H,1-4H3;2-5,7-9H,1H3;/q2*-1;/i;1D3;. The summed E-state index contributed by atoms with van der Waals surface area (Å²) in [6.07, 6.45) is 1.39. The van der Waals surface area contributed by atoms with Gasteiger partial charge in [0.05, 0.1) is 16.9 Å². The number of hydrogen-bond acceptors (Lipinski definition) is 3. The van der Waals surface area contributed by atoms with Crippen molar-refractivity contribution in [2.45, 2.75) is 46.4 Å². The van der Waals surface area contributed by atoms with E-state index in [0.717, 1.165) is 33.7 Å². The van der Waals surface area contributed by atoms with Crippen LogP contribution in [0.15, 0.2) is 121 Å². The zero-order chi connectivity index (χ0) is 35.0. The van der Waals surface area contributed by atoms with Crippen LogP contribution in [-0.2, 0) is 20.1 Å². The summed E-state index contributed by atoms with van der Waals surface area (Å²) in [5, 5.41) is 7.36. The molecule has 3 nitrogen and oxygen atoms in total. The summed E-state index contributed by atoms with van der Waals surface area (Å²) >= 11 is 1.68. The smallest absolute Gasteiger partial charge is 0.0774 e. The Morgan fingerprint density at radius 3 is 2.15 bits per heavy atom. The summed E-state index contributed by atoms with van der Waals surface area (Å²) < 4.78 is 25.3. The van der Waals surface area contributed by atoms with Crippen LogP contribution in [0.3, 0.4) is 0 Å². The molecule has 241 valence electrons. The molecule has 1 radical (unpaired) electrons. The number of fused-ring (bicyclic) bond motifs is 3. The molecule has 0 saturated heterocycles. The number of aryl methyl sites for hydroxylation is 1. The van der Waals surface area contributed by atoms with Crippen molar-refractivity contribution in [3.63, 3.8) is 0 Å². The minimum Gasteiger partial charge on any atom is -0.333 e. The Morgan fingerprint density at radius 1 is 0.771 bits per heavy atom. The number of aromatic nitrogens is 3. The monoisotopic (exact) mass is 823 g/mol. The number of thiophene rings is 1. The maximum Gasteiger partial charge on any atom is 0.0774 e. The molecule has 0 spiro atoms. The maximum atomic E-state index is 7.23. The number of nitrogens with zero attached hydrogens (tertiary/aromatic N) is 3. The van der Waals surface area contributed by atoms with E-state index in [0.29, 0.717) is 11.8 Å². The van der Waals surface area contributed by atoms with Gasteiger partial charge in [0.1, 0.15) is 0 Å². The van der Waals surface area contributed by atoms with Crippen LogP contribution in [0.4, 0.5) is 0 Å². The minimum absolute atomic E-state index is 0. The van der Waals surface area contributed by atoms with Gasteiger partial charge in [0, 0.05) is 36.1 Å². The zero-order valence-corrected chi connectivity index (χ0v) is 30.5. The average molecular weight is 823 g/mol. The second-order valence-electron chi connectivity index (χ2n) is 12.3. The molecule has 0 aliphatic carbocycles. The fourth-order valence-corrected chi connectivity index (χ4v) is 6.99. The summed E-state index contributed by atoms with van der Waals surface area (Å²) in [5.41, 5.74) is 9.04. The van der Waals surface area contributed by atoms with Crippen molar-refractivity contribution >= 4 is 43.2 Å². The van der Waals surface area contributed by atoms with Crippen molar-refractivity contribution in [1.82, 2.24) is 14.5 Å². The third-order valence-electron chi connectivity index (χ3n) is 8.48. The summed E-state index contributed by atoms with van der Waals surface area (Å²) in [6, 6.07) is 42.2. The first-order chi connectivity index (χ1) is 24.1. The van der Waals surface area contributed by atoms with Gasteiger partial charge in [-0.2, -0.15) is 0 Å². The Kier molecular flexibility index (Phi) is 8.90. The van der Waals surface area contributed by atoms with E-state index in [4.69, 9.17) is 9.10 Å². The van der Waals surface area contributed by atoms with Crippen molar-refractivity contribution < 1.29 is 24.2 Å². The van der Waals surface area contributed by atoms with Crippen LogP contribution >= 0.6 is 11.3 Å². The molecule has 5 heteroatoms. The van der Waals surface area contributed by atoms with Crippen LogP contribution < -0.4 is 0 Å². The van der Waals surface area contributed by atoms with Crippen molar-refractivity contribution in [3.8, 4) is 28.3 Å². The second kappa shape index (κ2) is 14.4. The van der Waals surface area contributed by atoms with E-state index in [1.54, 1.807) is 29.5 Å². The van der Waals surface area contributed by atoms with Gasteiger partial charge in [-0.05, 0) is 64.0 Å². The molecule has 0 bridgehead atoms. The van der Waals surface area contributed by atoms with Crippen LogP contribution in [0.5, 0.6) is 0 Å². The quantitative estimate of drug-likeness (QED) is 0.162. The molecule has 0 amide bonds. The van der Waals surface area contributed by atoms with Crippen molar-refractivity contribution in [2.75, 3.05) is 0 Å². The molecule has 0 aliphatic rings. The van der Waals surface area contributed by atoms with Crippen molar-refractivity contribution in [1.29, 1.82) is 0 Å². The molecule has 8 rings (SSSR count). The Hall–Kier alpha value is -4.41. The van der Waals surface area contributed by atoms with Crippen LogP contribution in [0.25, 0.3) is 60.2 Å². The molecule has 0 unspecified atom stereocenters. The molecule has 8 aromatic rings. The van der Waals surface area contributed by atoms with Crippen molar-refractivity contribution in [2.24, 2.45) is 0 Å². The van der Waals surface area contributed by atoms with Gasteiger partial charge in [0.25, 0.3) is 0 Å². The Morgan fingerprint density at radius 2 is 1.48 bits per heavy atom. The number of benzene rings is 5. The molecule has 5 aromatic carbocycles. The number of para-hydroxylation sites is 3. The van der Waals surface area contributed by atoms with Gasteiger partial charge in [0.2, 0.25) is 0 Å². The molecule has 3 heterocycles. The number of hydrogen-bond donors (Lipinski definition) is 0. The summed E-state index contributed by atoms with van der Waals surface area (Å²) in [4.78, 5) is 9.33. The first kappa shape index (κ1) is 29.7. The molecule has 0 N–H and O–H groups in total. The van der Waals surface area contributed by atoms with E-state index in [9.17, 15) is 0 Å². The summed E-state index contributed by atoms with van der Waals surface area (Å²) in [5.74, 6) is 1.77. The fraction of sp³-hybridized carbons (Fsp3) is 0.163. The first-order valence-electron chi connectivity index (χ1n) is 17.5. The molecular weight excluding hydrogens is 783 g/mol. The molecule has 0 aliphatic heterocycles. The minimum atomic E-state index is -2.09. The van der Waals surface area contributed by atoms with E-state index in [1.165, 1.54) is 43.9 Å². The molecule has 0 fully saturated rings. The topological polar surface area (TPSA) is 30.7 Å². The van der Waals surface area contributed by atoms with Crippen molar-refractivity contribution in [3.05, 3.63) is 150 Å². The summed E-state index contributed by atoms with van der Waals surface area (Å²) in [6.45, 7) is 7.02. The number of rotatable bonds is 5. The van der Waals surface area contributed by atoms with E-state index in [2.05, 4.69) is 128 Å². The molecule has 0 atom stereocenters. The van der Waals surface area contributed by atoms with Crippen LogP contribution in [-0.4, -0.2) is 14.5 Å². The van der Waals surface area contributed by atoms with E-state index < -0.39 is 6.85 Å². The predicted molar refractivity (Wildman–Crippen MR) is 200 cm³/mol. The Labute approximate surface area is 304 Å². The number of pyridine rings is 1. The SMILES string of the molecule is CC(C)c1cccc(C(C)C)c1-n1c(-c2[c-]sc3cc4ccccc4cc23)nc2ccccc21.[2H]C([2H])([2H])c1ccc(-c2[c-]cccc2)nc1.[Ir]. The van der Waals surface area contributed by atoms with Gasteiger partial charge in [0.15, 0.2) is 0 Å². The van der Waals surface area contributed by atoms with Crippen LogP contribution in [0.1, 0.15) is 60.3 Å². The van der Waals surface area contributed by atoms with E-state index in [-0.39, 0.29) is 25.7 Å². The third-order valence-corrected chi connectivity index (χ3v) is 9.34. The third kappa shape index (κ3) is 6.51.